The molecule has 1 aromatic carbocycles. The number of carbonyl (C=O) groups is 2. The van der Waals surface area contributed by atoms with Gasteiger partial charge in [-0.3, -0.25) is 4.79 Å². The van der Waals surface area contributed by atoms with Gasteiger partial charge in [-0.1, -0.05) is 12.1 Å². The van der Waals surface area contributed by atoms with Gasteiger partial charge < -0.3 is 20.8 Å². The molecule has 16 heavy (non-hydrogen) atoms. The molecule has 0 atom stereocenters. The van der Waals surface area contributed by atoms with Gasteiger partial charge in [-0.25, -0.2) is 4.79 Å². The van der Waals surface area contributed by atoms with E-state index < -0.39 is 11.9 Å². The first-order chi connectivity index (χ1) is 6.11. The van der Waals surface area contributed by atoms with Crippen LogP contribution in [0.2, 0.25) is 0 Å². The topological polar surface area (TPSA) is 127 Å². The summed E-state index contributed by atoms with van der Waals surface area (Å²) in [6.07, 6.45) is 0. The number of hydrogen-bond donors (Lipinski definition) is 1. The van der Waals surface area contributed by atoms with Crippen LogP contribution in [0.3, 0.4) is 0 Å². The molecule has 1 rings (SSSR count). The van der Waals surface area contributed by atoms with Gasteiger partial charge in [0.25, 0.3) is 0 Å². The molecule has 0 unspecified atom stereocenters. The zero-order chi connectivity index (χ0) is 9.84. The Labute approximate surface area is 135 Å². The second kappa shape index (κ2) is 9.91. The van der Waals surface area contributed by atoms with Crippen molar-refractivity contribution in [2.24, 2.45) is 0 Å². The Hall–Kier alpha value is -0.284. The minimum Gasteiger partial charge on any atom is -0.507 e. The predicted octanol–water partition coefficient (Wildman–Crippen LogP) is -0.935. The van der Waals surface area contributed by atoms with Crippen LogP contribution in [0, 0.1) is 0 Å². The van der Waals surface area contributed by atoms with E-state index in [1.165, 1.54) is 12.1 Å². The number of benzene rings is 1. The molecule has 1 aromatic rings. The van der Waals surface area contributed by atoms with E-state index in [-0.39, 0.29) is 73.6 Å². The van der Waals surface area contributed by atoms with Crippen LogP contribution < -0.4 is 0 Å². The van der Waals surface area contributed by atoms with Crippen LogP contribution in [0.25, 0.3) is 0 Å². The third-order valence-corrected chi connectivity index (χ3v) is 1.36. The number of rotatable bonds is 1. The van der Waals surface area contributed by atoms with Crippen molar-refractivity contribution in [3.05, 3.63) is 29.8 Å². The van der Waals surface area contributed by atoms with E-state index in [4.69, 9.17) is 0 Å². The van der Waals surface area contributed by atoms with E-state index in [2.05, 4.69) is 4.74 Å². The van der Waals surface area contributed by atoms with Gasteiger partial charge in [-0.2, -0.15) is 0 Å². The van der Waals surface area contributed by atoms with E-state index >= 15 is 0 Å². The first kappa shape index (κ1) is 21.0. The SMILES string of the molecule is CC(=O)OC(=O)c1ccccc1O.O.O.[K]. The number of phenolic OH excluding ortho intramolecular Hbond substituents is 1. The van der Waals surface area contributed by atoms with Crippen molar-refractivity contribution in [2.75, 3.05) is 0 Å². The zero-order valence-corrected chi connectivity index (χ0v) is 12.1. The fraction of sp³-hybridized carbons (Fsp3) is 0.111. The van der Waals surface area contributed by atoms with Crippen molar-refractivity contribution in [2.45, 2.75) is 6.92 Å². The minimum atomic E-state index is -0.842. The van der Waals surface area contributed by atoms with Crippen molar-refractivity contribution in [3.63, 3.8) is 0 Å². The maximum absolute atomic E-state index is 11.1. The molecule has 1 radical (unpaired) electrons. The average molecular weight is 255 g/mol. The number of aromatic hydroxyl groups is 1. The molecule has 0 fully saturated rings. The number of para-hydroxylation sites is 1. The summed E-state index contributed by atoms with van der Waals surface area (Å²) in [5.41, 5.74) is -0.0160. The van der Waals surface area contributed by atoms with Crippen LogP contribution in [0.4, 0.5) is 0 Å². The Morgan fingerprint density at radius 2 is 1.69 bits per heavy atom. The molecule has 0 heterocycles. The summed E-state index contributed by atoms with van der Waals surface area (Å²) in [7, 11) is 0. The van der Waals surface area contributed by atoms with Gasteiger partial charge in [-0.05, 0) is 12.1 Å². The summed E-state index contributed by atoms with van der Waals surface area (Å²) < 4.78 is 4.28. The molecule has 85 valence electrons. The smallest absolute Gasteiger partial charge is 0.349 e. The second-order valence-electron chi connectivity index (χ2n) is 2.40. The molecule has 0 saturated heterocycles. The molecule has 0 aromatic heterocycles. The molecule has 0 aliphatic heterocycles. The molecule has 7 heteroatoms. The number of hydrogen-bond acceptors (Lipinski definition) is 4. The molecule has 0 aliphatic rings. The predicted molar refractivity (Wildman–Crippen MR) is 57.2 cm³/mol. The molecule has 0 amide bonds. The van der Waals surface area contributed by atoms with Gasteiger partial charge in [-0.15, -0.1) is 0 Å². The van der Waals surface area contributed by atoms with E-state index in [1.54, 1.807) is 12.1 Å². The third kappa shape index (κ3) is 6.33. The molecular weight excluding hydrogens is 243 g/mol. The quantitative estimate of drug-likeness (QED) is 0.395. The standard InChI is InChI=1S/C9H8O4.K.2H2O/c1-6(10)13-9(12)7-4-2-3-5-8(7)11;;;/h2-5,11H,1H3;;2*1H2. The van der Waals surface area contributed by atoms with Crippen LogP contribution in [0.1, 0.15) is 17.3 Å². The van der Waals surface area contributed by atoms with Gasteiger partial charge in [0.2, 0.25) is 0 Å². The minimum absolute atomic E-state index is 0. The molecule has 0 aliphatic carbocycles. The monoisotopic (exact) mass is 255 g/mol. The molecule has 0 saturated carbocycles. The van der Waals surface area contributed by atoms with Crippen LogP contribution in [-0.2, 0) is 9.53 Å². The van der Waals surface area contributed by atoms with Crippen LogP contribution in [0.15, 0.2) is 24.3 Å². The Morgan fingerprint density at radius 1 is 1.19 bits per heavy atom. The van der Waals surface area contributed by atoms with Crippen LogP contribution >= 0.6 is 0 Å². The zero-order valence-electron chi connectivity index (χ0n) is 8.98. The van der Waals surface area contributed by atoms with E-state index in [0.717, 1.165) is 6.92 Å². The van der Waals surface area contributed by atoms with Gasteiger partial charge >= 0.3 is 11.9 Å². The molecular formula is C9H12KO6. The van der Waals surface area contributed by atoms with E-state index in [9.17, 15) is 14.7 Å². The van der Waals surface area contributed by atoms with E-state index in [1.807, 2.05) is 0 Å². The first-order valence-electron chi connectivity index (χ1n) is 3.62. The van der Waals surface area contributed by atoms with Crippen molar-refractivity contribution in [1.29, 1.82) is 0 Å². The Morgan fingerprint density at radius 3 is 2.12 bits per heavy atom. The summed E-state index contributed by atoms with van der Waals surface area (Å²) >= 11 is 0. The van der Waals surface area contributed by atoms with Gasteiger partial charge in [0, 0.05) is 58.3 Å². The third-order valence-electron chi connectivity index (χ3n) is 1.36. The molecule has 0 spiro atoms. The van der Waals surface area contributed by atoms with Crippen LogP contribution in [0.5, 0.6) is 5.75 Å². The molecule has 5 N–H and O–H groups in total. The van der Waals surface area contributed by atoms with Crippen molar-refractivity contribution < 1.29 is 30.4 Å². The van der Waals surface area contributed by atoms with Gasteiger partial charge in [0.15, 0.2) is 0 Å². The summed E-state index contributed by atoms with van der Waals surface area (Å²) in [6, 6.07) is 5.85. The maximum Gasteiger partial charge on any atom is 0.349 e. The number of carbonyl (C=O) groups excluding carboxylic acids is 2. The average Bonchev–Trinajstić information content (AvgIpc) is 2.03. The molecule has 0 bridgehead atoms. The number of esters is 2. The van der Waals surface area contributed by atoms with Gasteiger partial charge in [0.1, 0.15) is 11.3 Å². The van der Waals surface area contributed by atoms with Crippen molar-refractivity contribution >= 4 is 63.3 Å². The summed E-state index contributed by atoms with van der Waals surface area (Å²) in [5.74, 6) is -1.74. The fourth-order valence-electron chi connectivity index (χ4n) is 0.832. The number of phenols is 1. The Kier molecular flexibility index (Phi) is 13.0. The maximum atomic E-state index is 11.1. The summed E-state index contributed by atoms with van der Waals surface area (Å²) in [6.45, 7) is 1.12. The number of ether oxygens (including phenoxy) is 1. The van der Waals surface area contributed by atoms with Crippen molar-refractivity contribution in [1.82, 2.24) is 0 Å². The summed E-state index contributed by atoms with van der Waals surface area (Å²) in [4.78, 5) is 21.5. The fourth-order valence-corrected chi connectivity index (χ4v) is 0.832. The Bertz CT molecular complexity index is 352. The Balaban J connectivity index is -0.000000563. The molecule has 6 nitrogen and oxygen atoms in total. The second-order valence-corrected chi connectivity index (χ2v) is 2.40. The van der Waals surface area contributed by atoms with E-state index in [0.29, 0.717) is 0 Å². The van der Waals surface area contributed by atoms with Crippen LogP contribution in [-0.4, -0.2) is 79.4 Å². The van der Waals surface area contributed by atoms with Crippen molar-refractivity contribution in [3.8, 4) is 5.75 Å². The normalized spacial score (nSPS) is 7.56. The first-order valence-corrected chi connectivity index (χ1v) is 3.62. The summed E-state index contributed by atoms with van der Waals surface area (Å²) in [5, 5.41) is 9.18. The largest absolute Gasteiger partial charge is 0.507 e. The van der Waals surface area contributed by atoms with Gasteiger partial charge in [0.05, 0.1) is 0 Å².